The molecule has 0 unspecified atom stereocenters. The van der Waals surface area contributed by atoms with Crippen molar-refractivity contribution < 1.29 is 33.3 Å². The molecule has 1 aliphatic rings. The zero-order valence-electron chi connectivity index (χ0n) is 16.6. The van der Waals surface area contributed by atoms with E-state index in [4.69, 9.17) is 18.9 Å². The Morgan fingerprint density at radius 3 is 2.23 bits per heavy atom. The van der Waals surface area contributed by atoms with Crippen LogP contribution in [-0.4, -0.2) is 52.4 Å². The second kappa shape index (κ2) is 9.94. The Labute approximate surface area is 181 Å². The molecule has 0 amide bonds. The van der Waals surface area contributed by atoms with Crippen molar-refractivity contribution in [3.8, 4) is 17.0 Å². The molecule has 3 rings (SSSR count). The van der Waals surface area contributed by atoms with Gasteiger partial charge in [-0.2, -0.15) is 11.3 Å². The number of pyridine rings is 1. The van der Waals surface area contributed by atoms with Crippen molar-refractivity contribution in [1.82, 2.24) is 4.98 Å². The maximum atomic E-state index is 11.7. The number of aromatic nitrogens is 1. The molecule has 0 N–H and O–H groups in total. The third-order valence-electron chi connectivity index (χ3n) is 4.11. The number of hydrogen-bond donors (Lipinski definition) is 0. The Balaban J connectivity index is 1.80. The summed E-state index contributed by atoms with van der Waals surface area (Å²) < 4.78 is 22.0. The van der Waals surface area contributed by atoms with Crippen LogP contribution in [-0.2, 0) is 28.6 Å². The monoisotopic (exact) mass is 451 g/mol. The van der Waals surface area contributed by atoms with E-state index < -0.39 is 41.7 Å². The van der Waals surface area contributed by atoms with Crippen molar-refractivity contribution in [3.05, 3.63) is 35.2 Å². The molecule has 1 aliphatic heterocycles. The second-order valence-electron chi connectivity index (χ2n) is 6.51. The van der Waals surface area contributed by atoms with Crippen LogP contribution in [0.15, 0.2) is 35.2 Å². The molecule has 0 bridgehead atoms. The van der Waals surface area contributed by atoms with Gasteiger partial charge in [-0.25, -0.2) is 0 Å². The van der Waals surface area contributed by atoms with Gasteiger partial charge >= 0.3 is 17.9 Å². The van der Waals surface area contributed by atoms with Crippen molar-refractivity contribution in [3.63, 3.8) is 0 Å². The number of ether oxygens (including phenoxy) is 4. The molecule has 3 heterocycles. The van der Waals surface area contributed by atoms with E-state index in [0.717, 1.165) is 11.3 Å². The van der Waals surface area contributed by atoms with Crippen LogP contribution in [0.25, 0.3) is 11.3 Å². The second-order valence-corrected chi connectivity index (χ2v) is 8.42. The largest absolute Gasteiger partial charge is 0.474 e. The van der Waals surface area contributed by atoms with Gasteiger partial charge in [0.2, 0.25) is 0 Å². The summed E-state index contributed by atoms with van der Waals surface area (Å²) in [6, 6.07) is 5.57. The first-order chi connectivity index (χ1) is 14.3. The summed E-state index contributed by atoms with van der Waals surface area (Å²) in [6.07, 6.45) is -1.14. The topological polar surface area (TPSA) is 101 Å². The van der Waals surface area contributed by atoms with Crippen molar-refractivity contribution in [1.29, 1.82) is 0 Å². The summed E-state index contributed by atoms with van der Waals surface area (Å²) in [6.45, 7) is 3.75. The Morgan fingerprint density at radius 2 is 1.67 bits per heavy atom. The quantitative estimate of drug-likeness (QED) is 0.484. The molecule has 0 aromatic carbocycles. The van der Waals surface area contributed by atoms with E-state index in [9.17, 15) is 14.4 Å². The van der Waals surface area contributed by atoms with E-state index in [1.807, 2.05) is 22.9 Å². The predicted molar refractivity (Wildman–Crippen MR) is 111 cm³/mol. The van der Waals surface area contributed by atoms with Gasteiger partial charge in [0.25, 0.3) is 0 Å². The highest BCUT2D eigenvalue weighted by atomic mass is 32.2. The number of carbonyl (C=O) groups excluding carboxylic acids is 3. The lowest BCUT2D eigenvalue weighted by Crippen LogP contribution is -2.55. The van der Waals surface area contributed by atoms with E-state index in [-0.39, 0.29) is 0 Å². The van der Waals surface area contributed by atoms with Gasteiger partial charge in [0.1, 0.15) is 5.75 Å². The lowest BCUT2D eigenvalue weighted by molar-refractivity contribution is -0.186. The highest BCUT2D eigenvalue weighted by Crippen LogP contribution is 2.34. The first-order valence-electron chi connectivity index (χ1n) is 9.12. The third-order valence-corrected chi connectivity index (χ3v) is 6.01. The van der Waals surface area contributed by atoms with Crippen molar-refractivity contribution in [2.45, 2.75) is 44.5 Å². The van der Waals surface area contributed by atoms with E-state index in [2.05, 4.69) is 4.98 Å². The Bertz CT molecular complexity index is 885. The summed E-state index contributed by atoms with van der Waals surface area (Å²) in [4.78, 5) is 39.2. The summed E-state index contributed by atoms with van der Waals surface area (Å²) >= 11 is 2.88. The molecule has 0 spiro atoms. The lowest BCUT2D eigenvalue weighted by Gasteiger charge is -2.39. The number of rotatable bonds is 6. The van der Waals surface area contributed by atoms with Crippen LogP contribution in [0.2, 0.25) is 0 Å². The average Bonchev–Trinajstić information content (AvgIpc) is 3.20. The van der Waals surface area contributed by atoms with Crippen LogP contribution >= 0.6 is 23.1 Å². The van der Waals surface area contributed by atoms with Gasteiger partial charge in [-0.05, 0) is 23.6 Å². The number of nitrogens with zero attached hydrogens (tertiary/aromatic N) is 1. The molecule has 160 valence electrons. The molecule has 30 heavy (non-hydrogen) atoms. The molecule has 1 fully saturated rings. The predicted octanol–water partition coefficient (Wildman–Crippen LogP) is 3.06. The molecule has 8 nitrogen and oxygen atoms in total. The number of hydrogen-bond acceptors (Lipinski definition) is 10. The zero-order valence-corrected chi connectivity index (χ0v) is 18.2. The Morgan fingerprint density at radius 1 is 0.967 bits per heavy atom. The van der Waals surface area contributed by atoms with Crippen molar-refractivity contribution in [2.75, 3.05) is 5.75 Å². The minimum Gasteiger partial charge on any atom is -0.474 e. The van der Waals surface area contributed by atoms with Gasteiger partial charge in [0.15, 0.2) is 23.7 Å². The zero-order chi connectivity index (χ0) is 21.7. The SMILES string of the molecule is CC(=O)O[C@@H]1[C@@H](OC(C)=O)[C@H](OC(C)=O)CS[C@H]1Oc1ccc(-c2ccsc2)nc1. The van der Waals surface area contributed by atoms with Crippen LogP contribution in [0, 0.1) is 0 Å². The highest BCUT2D eigenvalue weighted by Gasteiger charge is 2.47. The first kappa shape index (κ1) is 22.1. The van der Waals surface area contributed by atoms with Gasteiger partial charge < -0.3 is 18.9 Å². The summed E-state index contributed by atoms with van der Waals surface area (Å²) in [5, 5.41) is 3.97. The Kier molecular flexibility index (Phi) is 7.33. The highest BCUT2D eigenvalue weighted by molar-refractivity contribution is 7.99. The van der Waals surface area contributed by atoms with E-state index in [1.54, 1.807) is 23.6 Å². The maximum Gasteiger partial charge on any atom is 0.303 e. The number of esters is 3. The summed E-state index contributed by atoms with van der Waals surface area (Å²) in [5.41, 5.74) is 1.14. The molecule has 4 atom stereocenters. The fourth-order valence-corrected chi connectivity index (χ4v) is 4.84. The van der Waals surface area contributed by atoms with Gasteiger partial charge in [-0.15, -0.1) is 11.8 Å². The van der Waals surface area contributed by atoms with Crippen LogP contribution in [0.5, 0.6) is 5.75 Å². The fraction of sp³-hybridized carbons (Fsp3) is 0.400. The standard InChI is InChI=1S/C20H21NO7S2/c1-11(22)25-17-10-30-20(19(27-13(3)24)18(17)26-12(2)23)28-15-4-5-16(21-8-15)14-6-7-29-9-14/h4-9,17-20H,10H2,1-3H3/t17-,18+,19-,20-/m1/s1. The molecule has 0 radical (unpaired) electrons. The fourth-order valence-electron chi connectivity index (χ4n) is 2.98. The third kappa shape index (κ3) is 5.73. The molecule has 0 aliphatic carbocycles. The van der Waals surface area contributed by atoms with Crippen LogP contribution < -0.4 is 4.74 Å². The van der Waals surface area contributed by atoms with Crippen LogP contribution in [0.3, 0.4) is 0 Å². The lowest BCUT2D eigenvalue weighted by atomic mass is 10.1. The molecule has 10 heteroatoms. The number of thiophene rings is 1. The number of carbonyl (C=O) groups is 3. The molecule has 2 aromatic heterocycles. The van der Waals surface area contributed by atoms with E-state index in [1.165, 1.54) is 32.5 Å². The molecule has 0 saturated carbocycles. The maximum absolute atomic E-state index is 11.7. The van der Waals surface area contributed by atoms with Gasteiger partial charge in [0.05, 0.1) is 11.9 Å². The molecule has 1 saturated heterocycles. The van der Waals surface area contributed by atoms with Gasteiger partial charge in [-0.1, -0.05) is 0 Å². The van der Waals surface area contributed by atoms with Crippen LogP contribution in [0.4, 0.5) is 0 Å². The van der Waals surface area contributed by atoms with E-state index >= 15 is 0 Å². The number of thioether (sulfide) groups is 1. The average molecular weight is 452 g/mol. The van der Waals surface area contributed by atoms with Crippen molar-refractivity contribution >= 4 is 41.0 Å². The first-order valence-corrected chi connectivity index (χ1v) is 11.1. The smallest absolute Gasteiger partial charge is 0.303 e. The summed E-state index contributed by atoms with van der Waals surface area (Å²) in [7, 11) is 0. The minimum atomic E-state index is -0.986. The summed E-state index contributed by atoms with van der Waals surface area (Å²) in [5.74, 6) is -0.897. The van der Waals surface area contributed by atoms with Gasteiger partial charge in [0, 0.05) is 37.5 Å². The Hall–Kier alpha value is -2.59. The normalized spacial score (nSPS) is 23.3. The van der Waals surface area contributed by atoms with E-state index in [0.29, 0.717) is 11.5 Å². The molecular weight excluding hydrogens is 430 g/mol. The van der Waals surface area contributed by atoms with Crippen molar-refractivity contribution in [2.24, 2.45) is 0 Å². The van der Waals surface area contributed by atoms with Crippen LogP contribution in [0.1, 0.15) is 20.8 Å². The molecular formula is C20H21NO7S2. The minimum absolute atomic E-state index is 0.306. The van der Waals surface area contributed by atoms with Gasteiger partial charge in [-0.3, -0.25) is 19.4 Å². The molecule has 2 aromatic rings.